The molecule has 3 atom stereocenters. The topological polar surface area (TPSA) is 130 Å². The number of aliphatic carboxylic acids is 2. The van der Waals surface area contributed by atoms with E-state index in [1.54, 1.807) is 0 Å². The molecule has 3 aromatic rings. The number of hydrogen-bond donors (Lipinski definition) is 3. The minimum Gasteiger partial charge on any atom is -0.473 e. The van der Waals surface area contributed by atoms with Gasteiger partial charge in [-0.25, -0.2) is 9.59 Å². The van der Waals surface area contributed by atoms with Crippen molar-refractivity contribution < 1.29 is 24.3 Å². The zero-order valence-corrected chi connectivity index (χ0v) is 15.9. The van der Waals surface area contributed by atoms with E-state index in [1.807, 2.05) is 0 Å². The molecule has 0 radical (unpaired) electrons. The van der Waals surface area contributed by atoms with Gasteiger partial charge in [0.15, 0.2) is 0 Å². The second-order valence-corrected chi connectivity index (χ2v) is 7.54. The fraction of sp³-hybridized carbons (Fsp3) is 0.400. The molecule has 9 heteroatoms. The number of benzene rings is 1. The number of fused-ring (bicyclic) bond motifs is 4. The van der Waals surface area contributed by atoms with Crippen molar-refractivity contribution in [2.75, 3.05) is 6.54 Å². The number of nitrogens with zero attached hydrogens (tertiary/aromatic N) is 3. The van der Waals surface area contributed by atoms with Crippen LogP contribution in [0, 0.1) is 5.92 Å². The van der Waals surface area contributed by atoms with Gasteiger partial charge in [0.05, 0.1) is 5.92 Å². The first-order chi connectivity index (χ1) is 13.9. The zero-order valence-electron chi connectivity index (χ0n) is 15.9. The van der Waals surface area contributed by atoms with Crippen molar-refractivity contribution >= 4 is 22.8 Å². The lowest BCUT2D eigenvalue weighted by atomic mass is 9.74. The smallest absolute Gasteiger partial charge is 0.414 e. The van der Waals surface area contributed by atoms with E-state index >= 15 is 0 Å². The van der Waals surface area contributed by atoms with E-state index in [2.05, 4.69) is 52.6 Å². The Morgan fingerprint density at radius 3 is 2.59 bits per heavy atom. The van der Waals surface area contributed by atoms with Gasteiger partial charge in [0.2, 0.25) is 11.7 Å². The van der Waals surface area contributed by atoms with Crippen LogP contribution < -0.4 is 5.32 Å². The van der Waals surface area contributed by atoms with Crippen molar-refractivity contribution in [1.82, 2.24) is 20.0 Å². The number of carbonyl (C=O) groups is 2. The monoisotopic (exact) mass is 398 g/mol. The predicted molar refractivity (Wildman–Crippen MR) is 103 cm³/mol. The van der Waals surface area contributed by atoms with E-state index in [0.29, 0.717) is 17.8 Å². The number of carboxylic acid groups (broad SMARTS) is 2. The maximum atomic E-state index is 9.10. The van der Waals surface area contributed by atoms with Gasteiger partial charge in [0.25, 0.3) is 0 Å². The van der Waals surface area contributed by atoms with Crippen LogP contribution >= 0.6 is 0 Å². The molecule has 3 N–H and O–H groups in total. The Morgan fingerprint density at radius 2 is 1.97 bits per heavy atom. The third kappa shape index (κ3) is 3.73. The summed E-state index contributed by atoms with van der Waals surface area (Å²) >= 11 is 0. The highest BCUT2D eigenvalue weighted by molar-refractivity contribution is 6.27. The summed E-state index contributed by atoms with van der Waals surface area (Å²) in [5.74, 6) is -1.00. The SMILES string of the molecule is Cn1cc(-c2noc([C@H]3CC4CC[C@H]3NC4)n2)c2ccccc21.O=C(O)C(=O)O. The first-order valence-electron chi connectivity index (χ1n) is 9.51. The molecule has 3 fully saturated rings. The predicted octanol–water partition coefficient (Wildman–Crippen LogP) is 2.24. The number of nitrogens with one attached hydrogen (secondary N) is 1. The second kappa shape index (κ2) is 7.67. The molecule has 1 saturated carbocycles. The van der Waals surface area contributed by atoms with Crippen LogP contribution in [0.5, 0.6) is 0 Å². The standard InChI is InChI=1S/C18H20N4O.C2H2O4/c1-22-10-14(12-4-2-3-5-16(12)22)17-20-18(23-21-17)13-8-11-6-7-15(13)19-9-11;3-1(4)2(5)6/h2-5,10-11,13,15,19H,6-9H2,1H3;(H,3,4)(H,5,6)/t11?,13-,15+;/m0./s1. The molecule has 9 nitrogen and oxygen atoms in total. The van der Waals surface area contributed by atoms with Crippen molar-refractivity contribution in [3.63, 3.8) is 0 Å². The molecule has 2 bridgehead atoms. The van der Waals surface area contributed by atoms with E-state index in [4.69, 9.17) is 29.3 Å². The van der Waals surface area contributed by atoms with E-state index < -0.39 is 11.9 Å². The van der Waals surface area contributed by atoms with Crippen LogP contribution in [-0.2, 0) is 16.6 Å². The lowest BCUT2D eigenvalue weighted by Crippen LogP contribution is -2.49. The molecule has 1 unspecified atom stereocenters. The molecule has 152 valence electrons. The van der Waals surface area contributed by atoms with E-state index in [1.165, 1.54) is 30.2 Å². The number of aromatic nitrogens is 3. The van der Waals surface area contributed by atoms with Crippen LogP contribution in [0.15, 0.2) is 35.0 Å². The number of carboxylic acids is 2. The molecular weight excluding hydrogens is 376 g/mol. The highest BCUT2D eigenvalue weighted by Gasteiger charge is 2.39. The van der Waals surface area contributed by atoms with Crippen molar-refractivity contribution in [1.29, 1.82) is 0 Å². The van der Waals surface area contributed by atoms with E-state index in [0.717, 1.165) is 23.9 Å². The fourth-order valence-electron chi connectivity index (χ4n) is 4.29. The highest BCUT2D eigenvalue weighted by Crippen LogP contribution is 2.40. The van der Waals surface area contributed by atoms with Gasteiger partial charge in [-0.15, -0.1) is 0 Å². The van der Waals surface area contributed by atoms with Crippen LogP contribution in [0.3, 0.4) is 0 Å². The van der Waals surface area contributed by atoms with Crippen LogP contribution in [0.1, 0.15) is 31.1 Å². The third-order valence-corrected chi connectivity index (χ3v) is 5.71. The lowest BCUT2D eigenvalue weighted by Gasteiger charge is -2.41. The molecule has 0 amide bonds. The summed E-state index contributed by atoms with van der Waals surface area (Å²) in [7, 11) is 2.05. The Hall–Kier alpha value is -3.20. The molecule has 3 aliphatic rings. The highest BCUT2D eigenvalue weighted by atomic mass is 16.5. The molecule has 29 heavy (non-hydrogen) atoms. The first kappa shape index (κ1) is 19.1. The summed E-state index contributed by atoms with van der Waals surface area (Å²) in [5.41, 5.74) is 2.24. The van der Waals surface area contributed by atoms with Gasteiger partial charge in [-0.05, 0) is 37.8 Å². The van der Waals surface area contributed by atoms with E-state index in [9.17, 15) is 0 Å². The first-order valence-corrected chi connectivity index (χ1v) is 9.51. The molecule has 4 heterocycles. The average Bonchev–Trinajstić information content (AvgIpc) is 3.35. The summed E-state index contributed by atoms with van der Waals surface area (Å²) in [4.78, 5) is 23.0. The molecule has 2 aliphatic heterocycles. The number of aryl methyl sites for hydroxylation is 1. The van der Waals surface area contributed by atoms with Crippen LogP contribution in [0.25, 0.3) is 22.3 Å². The second-order valence-electron chi connectivity index (χ2n) is 7.54. The van der Waals surface area contributed by atoms with Gasteiger partial charge < -0.3 is 24.6 Å². The van der Waals surface area contributed by atoms with Crippen LogP contribution in [0.4, 0.5) is 0 Å². The van der Waals surface area contributed by atoms with Gasteiger partial charge >= 0.3 is 11.9 Å². The zero-order chi connectivity index (χ0) is 20.5. The van der Waals surface area contributed by atoms with Crippen molar-refractivity contribution in [3.8, 4) is 11.4 Å². The quantitative estimate of drug-likeness (QED) is 0.560. The van der Waals surface area contributed by atoms with Gasteiger partial charge in [0, 0.05) is 35.8 Å². The molecule has 2 aromatic heterocycles. The molecule has 0 spiro atoms. The lowest BCUT2D eigenvalue weighted by molar-refractivity contribution is -0.159. The van der Waals surface area contributed by atoms with Crippen molar-refractivity contribution in [2.45, 2.75) is 31.2 Å². The Bertz CT molecular complexity index is 1040. The summed E-state index contributed by atoms with van der Waals surface area (Å²) in [6.07, 6.45) is 5.82. The van der Waals surface area contributed by atoms with Crippen molar-refractivity contribution in [3.05, 3.63) is 36.4 Å². The Balaban J connectivity index is 0.000000302. The molecule has 2 saturated heterocycles. The number of hydrogen-bond acceptors (Lipinski definition) is 6. The largest absolute Gasteiger partial charge is 0.473 e. The fourth-order valence-corrected chi connectivity index (χ4v) is 4.29. The van der Waals surface area contributed by atoms with Gasteiger partial charge in [-0.3, -0.25) is 0 Å². The summed E-state index contributed by atoms with van der Waals surface area (Å²) in [6.45, 7) is 1.14. The minimum absolute atomic E-state index is 0.374. The van der Waals surface area contributed by atoms with Crippen LogP contribution in [0.2, 0.25) is 0 Å². The maximum Gasteiger partial charge on any atom is 0.414 e. The normalized spacial score (nSPS) is 22.9. The molecule has 1 aliphatic carbocycles. The number of rotatable bonds is 2. The number of piperidine rings is 2. The Kier molecular flexibility index (Phi) is 5.06. The Labute approximate surface area is 166 Å². The summed E-state index contributed by atoms with van der Waals surface area (Å²) in [5, 5.41) is 23.9. The molecule has 6 rings (SSSR count). The summed E-state index contributed by atoms with van der Waals surface area (Å²) < 4.78 is 7.77. The maximum absolute atomic E-state index is 9.10. The van der Waals surface area contributed by atoms with E-state index in [-0.39, 0.29) is 0 Å². The average molecular weight is 398 g/mol. The van der Waals surface area contributed by atoms with Gasteiger partial charge in [-0.1, -0.05) is 23.4 Å². The van der Waals surface area contributed by atoms with Gasteiger partial charge in [-0.2, -0.15) is 4.98 Å². The third-order valence-electron chi connectivity index (χ3n) is 5.71. The Morgan fingerprint density at radius 1 is 1.21 bits per heavy atom. The van der Waals surface area contributed by atoms with Crippen molar-refractivity contribution in [2.24, 2.45) is 13.0 Å². The molecular formula is C20H22N4O5. The minimum atomic E-state index is -1.82. The molecule has 1 aromatic carbocycles. The van der Waals surface area contributed by atoms with Crippen LogP contribution in [-0.4, -0.2) is 49.4 Å². The van der Waals surface area contributed by atoms with Gasteiger partial charge in [0.1, 0.15) is 0 Å². The summed E-state index contributed by atoms with van der Waals surface area (Å²) in [6, 6.07) is 8.84. The number of para-hydroxylation sites is 1.